The van der Waals surface area contributed by atoms with Gasteiger partial charge in [-0.05, 0) is 12.1 Å². The van der Waals surface area contributed by atoms with E-state index < -0.39 is 0 Å². The summed E-state index contributed by atoms with van der Waals surface area (Å²) in [6, 6.07) is 9.14. The predicted octanol–water partition coefficient (Wildman–Crippen LogP) is 2.36. The van der Waals surface area contributed by atoms with E-state index in [9.17, 15) is 4.79 Å². The second-order valence-electron chi connectivity index (χ2n) is 4.39. The third-order valence-electron chi connectivity index (χ3n) is 3.14. The Bertz CT molecular complexity index is 783. The Hall–Kier alpha value is -2.89. The molecule has 0 radical (unpaired) electrons. The molecule has 21 heavy (non-hydrogen) atoms. The van der Waals surface area contributed by atoms with Gasteiger partial charge in [-0.25, -0.2) is 4.98 Å². The van der Waals surface area contributed by atoms with Crippen LogP contribution in [-0.2, 0) is 6.61 Å². The number of pyridine rings is 1. The van der Waals surface area contributed by atoms with Crippen molar-refractivity contribution in [3.8, 4) is 11.6 Å². The van der Waals surface area contributed by atoms with Gasteiger partial charge in [-0.2, -0.15) is 5.10 Å². The van der Waals surface area contributed by atoms with E-state index in [1.54, 1.807) is 18.3 Å². The van der Waals surface area contributed by atoms with Crippen LogP contribution in [0.2, 0.25) is 0 Å². The van der Waals surface area contributed by atoms with Crippen LogP contribution in [0.15, 0.2) is 36.5 Å². The van der Waals surface area contributed by atoms with Crippen LogP contribution < -0.4 is 9.47 Å². The summed E-state index contributed by atoms with van der Waals surface area (Å²) in [6.45, 7) is 0.325. The van der Waals surface area contributed by atoms with E-state index in [0.717, 1.165) is 16.5 Å². The first-order valence-corrected chi connectivity index (χ1v) is 6.36. The molecule has 0 aliphatic heterocycles. The van der Waals surface area contributed by atoms with Crippen molar-refractivity contribution in [3.63, 3.8) is 0 Å². The minimum absolute atomic E-state index is 0.216. The number of ether oxygens (including phenoxy) is 2. The molecule has 6 nitrogen and oxygen atoms in total. The largest absolute Gasteiger partial charge is 0.486 e. The molecule has 0 fully saturated rings. The lowest BCUT2D eigenvalue weighted by Gasteiger charge is -2.09. The van der Waals surface area contributed by atoms with Gasteiger partial charge in [0, 0.05) is 17.0 Å². The Kier molecular flexibility index (Phi) is 3.51. The summed E-state index contributed by atoms with van der Waals surface area (Å²) in [5, 5.41) is 7.91. The van der Waals surface area contributed by atoms with Gasteiger partial charge in [0.05, 0.1) is 18.8 Å². The summed E-state index contributed by atoms with van der Waals surface area (Å²) in [5.74, 6) is 0.799. The number of rotatable bonds is 5. The minimum Gasteiger partial charge on any atom is -0.486 e. The number of carbonyl (C=O) groups excluding carboxylic acids is 1. The van der Waals surface area contributed by atoms with Gasteiger partial charge in [0.25, 0.3) is 0 Å². The Labute approximate surface area is 120 Å². The molecule has 0 saturated carbocycles. The second kappa shape index (κ2) is 5.62. The fourth-order valence-corrected chi connectivity index (χ4v) is 2.07. The summed E-state index contributed by atoms with van der Waals surface area (Å²) in [4.78, 5) is 15.1. The quantitative estimate of drug-likeness (QED) is 0.727. The summed E-state index contributed by atoms with van der Waals surface area (Å²) in [5.41, 5.74) is 2.14. The molecule has 0 bridgehead atoms. The molecule has 0 spiro atoms. The van der Waals surface area contributed by atoms with Crippen molar-refractivity contribution in [2.24, 2.45) is 0 Å². The number of methoxy groups -OCH3 is 1. The number of benzene rings is 1. The lowest BCUT2D eigenvalue weighted by atomic mass is 10.1. The van der Waals surface area contributed by atoms with Crippen LogP contribution in [0, 0.1) is 0 Å². The van der Waals surface area contributed by atoms with Crippen molar-refractivity contribution in [1.82, 2.24) is 15.2 Å². The SMILES string of the molecule is COc1ccc(OCc2cccc3[nH]ncc23)c(C=O)n1. The van der Waals surface area contributed by atoms with Crippen LogP contribution in [0.4, 0.5) is 0 Å². The van der Waals surface area contributed by atoms with E-state index in [-0.39, 0.29) is 5.69 Å². The lowest BCUT2D eigenvalue weighted by Crippen LogP contribution is -2.01. The molecule has 3 aromatic rings. The summed E-state index contributed by atoms with van der Waals surface area (Å²) < 4.78 is 10.7. The smallest absolute Gasteiger partial charge is 0.213 e. The van der Waals surface area contributed by atoms with Gasteiger partial charge in [0.15, 0.2) is 6.29 Å². The number of aromatic amines is 1. The highest BCUT2D eigenvalue weighted by Crippen LogP contribution is 2.22. The molecule has 106 valence electrons. The average molecular weight is 283 g/mol. The molecule has 0 saturated heterocycles. The first-order chi connectivity index (χ1) is 10.3. The number of fused-ring (bicyclic) bond motifs is 1. The van der Waals surface area contributed by atoms with Crippen LogP contribution in [0.5, 0.6) is 11.6 Å². The van der Waals surface area contributed by atoms with Crippen LogP contribution in [0.25, 0.3) is 10.9 Å². The molecule has 0 atom stereocenters. The number of carbonyl (C=O) groups is 1. The second-order valence-corrected chi connectivity index (χ2v) is 4.39. The monoisotopic (exact) mass is 283 g/mol. The molecule has 1 aromatic carbocycles. The van der Waals surface area contributed by atoms with Crippen LogP contribution in [-0.4, -0.2) is 28.6 Å². The minimum atomic E-state index is 0.216. The Balaban J connectivity index is 1.84. The molecular formula is C15H13N3O3. The molecular weight excluding hydrogens is 270 g/mol. The molecule has 1 N–H and O–H groups in total. The van der Waals surface area contributed by atoms with Crippen molar-refractivity contribution in [3.05, 3.63) is 47.8 Å². The van der Waals surface area contributed by atoms with Crippen molar-refractivity contribution < 1.29 is 14.3 Å². The number of nitrogens with one attached hydrogen (secondary N) is 1. The Morgan fingerprint density at radius 1 is 1.29 bits per heavy atom. The van der Waals surface area contributed by atoms with E-state index >= 15 is 0 Å². The molecule has 0 aliphatic carbocycles. The highest BCUT2D eigenvalue weighted by Gasteiger charge is 2.09. The molecule has 0 aliphatic rings. The lowest BCUT2D eigenvalue weighted by molar-refractivity contribution is 0.111. The number of aromatic nitrogens is 3. The zero-order valence-electron chi connectivity index (χ0n) is 11.4. The fraction of sp³-hybridized carbons (Fsp3) is 0.133. The van der Waals surface area contributed by atoms with Crippen molar-refractivity contribution in [2.75, 3.05) is 7.11 Å². The van der Waals surface area contributed by atoms with E-state index in [1.165, 1.54) is 7.11 Å². The zero-order valence-corrected chi connectivity index (χ0v) is 11.4. The zero-order chi connectivity index (χ0) is 14.7. The molecule has 6 heteroatoms. The first-order valence-electron chi connectivity index (χ1n) is 6.36. The molecule has 0 unspecified atom stereocenters. The van der Waals surface area contributed by atoms with Gasteiger partial charge in [0.2, 0.25) is 5.88 Å². The molecule has 3 rings (SSSR count). The standard InChI is InChI=1S/C15H13N3O3/c1-20-15-6-5-14(13(8-19)17-15)21-9-10-3-2-4-12-11(10)7-16-18-12/h2-8H,9H2,1H3,(H,16,18). The van der Waals surface area contributed by atoms with Gasteiger partial charge in [-0.1, -0.05) is 12.1 Å². The van der Waals surface area contributed by atoms with Crippen LogP contribution >= 0.6 is 0 Å². The third kappa shape index (κ3) is 2.55. The number of hydrogen-bond donors (Lipinski definition) is 1. The number of nitrogens with zero attached hydrogens (tertiary/aromatic N) is 2. The van der Waals surface area contributed by atoms with Crippen LogP contribution in [0.3, 0.4) is 0 Å². The van der Waals surface area contributed by atoms with E-state index in [4.69, 9.17) is 9.47 Å². The third-order valence-corrected chi connectivity index (χ3v) is 3.14. The molecule has 0 amide bonds. The Morgan fingerprint density at radius 3 is 3.00 bits per heavy atom. The first kappa shape index (κ1) is 13.1. The molecule has 2 heterocycles. The highest BCUT2D eigenvalue weighted by molar-refractivity contribution is 5.81. The fourth-order valence-electron chi connectivity index (χ4n) is 2.07. The summed E-state index contributed by atoms with van der Waals surface area (Å²) in [6.07, 6.45) is 2.40. The Morgan fingerprint density at radius 2 is 2.19 bits per heavy atom. The normalized spacial score (nSPS) is 10.5. The van der Waals surface area contributed by atoms with E-state index in [2.05, 4.69) is 15.2 Å². The number of aldehydes is 1. The van der Waals surface area contributed by atoms with Gasteiger partial charge < -0.3 is 9.47 Å². The summed E-state index contributed by atoms with van der Waals surface area (Å²) in [7, 11) is 1.50. The maximum Gasteiger partial charge on any atom is 0.213 e. The van der Waals surface area contributed by atoms with Crippen molar-refractivity contribution in [2.45, 2.75) is 6.61 Å². The van der Waals surface area contributed by atoms with E-state index in [0.29, 0.717) is 24.5 Å². The number of H-pyrrole nitrogens is 1. The molecule has 2 aromatic heterocycles. The van der Waals surface area contributed by atoms with E-state index in [1.807, 2.05) is 18.2 Å². The van der Waals surface area contributed by atoms with Gasteiger partial charge in [-0.3, -0.25) is 9.89 Å². The van der Waals surface area contributed by atoms with Crippen molar-refractivity contribution >= 4 is 17.2 Å². The maximum atomic E-state index is 11.1. The van der Waals surface area contributed by atoms with Crippen LogP contribution in [0.1, 0.15) is 16.1 Å². The van der Waals surface area contributed by atoms with Crippen molar-refractivity contribution in [1.29, 1.82) is 0 Å². The topological polar surface area (TPSA) is 77.1 Å². The van der Waals surface area contributed by atoms with Gasteiger partial charge in [0.1, 0.15) is 18.1 Å². The van der Waals surface area contributed by atoms with Gasteiger partial charge >= 0.3 is 0 Å². The number of hydrogen-bond acceptors (Lipinski definition) is 5. The highest BCUT2D eigenvalue weighted by atomic mass is 16.5. The van der Waals surface area contributed by atoms with Gasteiger partial charge in [-0.15, -0.1) is 0 Å². The summed E-state index contributed by atoms with van der Waals surface area (Å²) >= 11 is 0. The maximum absolute atomic E-state index is 11.1. The average Bonchev–Trinajstić information content (AvgIpc) is 3.01. The predicted molar refractivity (Wildman–Crippen MR) is 76.6 cm³/mol.